The fourth-order valence-corrected chi connectivity index (χ4v) is 2.03. The molecule has 0 unspecified atom stereocenters. The number of nitrogen functional groups attached to an aromatic ring is 1. The van der Waals surface area contributed by atoms with Crippen LogP contribution < -0.4 is 15.8 Å². The van der Waals surface area contributed by atoms with Gasteiger partial charge in [0.25, 0.3) is 5.91 Å². The number of carbonyl (C=O) groups is 1. The van der Waals surface area contributed by atoms with Crippen molar-refractivity contribution in [3.8, 4) is 5.75 Å². The van der Waals surface area contributed by atoms with Crippen molar-refractivity contribution in [1.82, 2.24) is 15.1 Å². The molecule has 3 N–H and O–H groups in total. The zero-order chi connectivity index (χ0) is 15.2. The first kappa shape index (κ1) is 14.9. The van der Waals surface area contributed by atoms with Crippen molar-refractivity contribution < 1.29 is 9.53 Å². The molecular weight excluding hydrogens is 268 g/mol. The summed E-state index contributed by atoms with van der Waals surface area (Å²) < 4.78 is 7.23. The number of nitrogens with two attached hydrogens (primary N) is 1. The first-order chi connectivity index (χ1) is 10.1. The van der Waals surface area contributed by atoms with E-state index in [9.17, 15) is 4.79 Å². The van der Waals surface area contributed by atoms with Crippen molar-refractivity contribution in [3.63, 3.8) is 0 Å². The third kappa shape index (κ3) is 3.75. The van der Waals surface area contributed by atoms with E-state index in [1.807, 2.05) is 20.0 Å². The summed E-state index contributed by atoms with van der Waals surface area (Å²) in [6.07, 6.45) is 3.71. The third-order valence-electron chi connectivity index (χ3n) is 2.97. The molecule has 1 amide bonds. The molecule has 0 fully saturated rings. The van der Waals surface area contributed by atoms with Gasteiger partial charge in [0.15, 0.2) is 0 Å². The Kier molecular flexibility index (Phi) is 4.81. The number of hydrogen-bond acceptors (Lipinski definition) is 4. The Morgan fingerprint density at radius 3 is 2.95 bits per heavy atom. The summed E-state index contributed by atoms with van der Waals surface area (Å²) in [6, 6.07) is 5.20. The van der Waals surface area contributed by atoms with Gasteiger partial charge in [-0.25, -0.2) is 0 Å². The van der Waals surface area contributed by atoms with Gasteiger partial charge in [0.1, 0.15) is 11.3 Å². The zero-order valence-corrected chi connectivity index (χ0v) is 12.3. The minimum atomic E-state index is -0.236. The Labute approximate surface area is 123 Å². The van der Waals surface area contributed by atoms with Gasteiger partial charge in [-0.2, -0.15) is 5.10 Å². The summed E-state index contributed by atoms with van der Waals surface area (Å²) in [7, 11) is 0. The van der Waals surface area contributed by atoms with E-state index in [-0.39, 0.29) is 5.91 Å². The van der Waals surface area contributed by atoms with Crippen LogP contribution in [0.1, 0.15) is 22.8 Å². The van der Waals surface area contributed by atoms with Crippen LogP contribution in [-0.4, -0.2) is 28.8 Å². The Bertz CT molecular complexity index is 622. The van der Waals surface area contributed by atoms with Crippen molar-refractivity contribution >= 4 is 11.6 Å². The van der Waals surface area contributed by atoms with Gasteiger partial charge in [0.05, 0.1) is 19.3 Å². The van der Waals surface area contributed by atoms with Gasteiger partial charge in [0, 0.05) is 18.4 Å². The van der Waals surface area contributed by atoms with Gasteiger partial charge in [-0.3, -0.25) is 9.48 Å². The van der Waals surface area contributed by atoms with E-state index in [0.717, 1.165) is 5.56 Å². The molecule has 6 nitrogen and oxygen atoms in total. The summed E-state index contributed by atoms with van der Waals surface area (Å²) >= 11 is 0. The van der Waals surface area contributed by atoms with Crippen molar-refractivity contribution in [1.29, 1.82) is 0 Å². The molecule has 6 heteroatoms. The normalized spacial score (nSPS) is 10.4. The summed E-state index contributed by atoms with van der Waals surface area (Å²) in [4.78, 5) is 12.3. The zero-order valence-electron chi connectivity index (χ0n) is 12.3. The smallest absolute Gasteiger partial charge is 0.257 e. The molecule has 0 atom stereocenters. The van der Waals surface area contributed by atoms with Crippen LogP contribution in [0.3, 0.4) is 0 Å². The number of rotatable bonds is 6. The van der Waals surface area contributed by atoms with E-state index in [0.29, 0.717) is 36.7 Å². The number of hydrogen-bond donors (Lipinski definition) is 2. The number of amides is 1. The lowest BCUT2D eigenvalue weighted by atomic mass is 10.1. The van der Waals surface area contributed by atoms with Gasteiger partial charge in [-0.05, 0) is 31.5 Å². The highest BCUT2D eigenvalue weighted by molar-refractivity contribution is 6.01. The minimum absolute atomic E-state index is 0.236. The lowest BCUT2D eigenvalue weighted by molar-refractivity contribution is 0.0949. The summed E-state index contributed by atoms with van der Waals surface area (Å²) in [5.74, 6) is 0.269. The van der Waals surface area contributed by atoms with Crippen LogP contribution in [-0.2, 0) is 6.54 Å². The molecule has 1 aromatic carbocycles. The van der Waals surface area contributed by atoms with Gasteiger partial charge >= 0.3 is 0 Å². The van der Waals surface area contributed by atoms with Crippen LogP contribution in [0.25, 0.3) is 0 Å². The number of nitrogens with one attached hydrogen (secondary N) is 1. The molecule has 2 rings (SSSR count). The van der Waals surface area contributed by atoms with Crippen LogP contribution in [0.15, 0.2) is 30.6 Å². The van der Waals surface area contributed by atoms with Crippen LogP contribution in [0.2, 0.25) is 0 Å². The molecule has 1 heterocycles. The second kappa shape index (κ2) is 6.78. The van der Waals surface area contributed by atoms with Crippen LogP contribution >= 0.6 is 0 Å². The lowest BCUT2D eigenvalue weighted by Gasteiger charge is -2.12. The molecule has 21 heavy (non-hydrogen) atoms. The molecule has 0 bridgehead atoms. The number of nitrogens with zero attached hydrogens (tertiary/aromatic N) is 2. The molecule has 0 radical (unpaired) electrons. The second-order valence-corrected chi connectivity index (χ2v) is 4.69. The van der Waals surface area contributed by atoms with Crippen molar-refractivity contribution in [2.75, 3.05) is 18.9 Å². The maximum absolute atomic E-state index is 12.3. The highest BCUT2D eigenvalue weighted by Crippen LogP contribution is 2.24. The Morgan fingerprint density at radius 2 is 2.29 bits per heavy atom. The maximum atomic E-state index is 12.3. The average Bonchev–Trinajstić information content (AvgIpc) is 2.85. The van der Waals surface area contributed by atoms with Crippen LogP contribution in [0.5, 0.6) is 5.75 Å². The third-order valence-corrected chi connectivity index (χ3v) is 2.97. The highest BCUT2D eigenvalue weighted by atomic mass is 16.5. The van der Waals surface area contributed by atoms with Crippen molar-refractivity contribution in [2.24, 2.45) is 0 Å². The fourth-order valence-electron chi connectivity index (χ4n) is 2.03. The van der Waals surface area contributed by atoms with E-state index in [1.54, 1.807) is 29.1 Å². The average molecular weight is 288 g/mol. The van der Waals surface area contributed by atoms with Crippen LogP contribution in [0, 0.1) is 6.92 Å². The summed E-state index contributed by atoms with van der Waals surface area (Å²) in [5, 5.41) is 7.00. The van der Waals surface area contributed by atoms with E-state index in [1.165, 1.54) is 0 Å². The minimum Gasteiger partial charge on any atom is -0.493 e. The molecule has 0 saturated carbocycles. The fraction of sp³-hybridized carbons (Fsp3) is 0.333. The first-order valence-corrected chi connectivity index (χ1v) is 6.90. The number of benzene rings is 1. The largest absolute Gasteiger partial charge is 0.493 e. The number of anilines is 1. The van der Waals surface area contributed by atoms with Crippen LogP contribution in [0.4, 0.5) is 5.69 Å². The Morgan fingerprint density at radius 1 is 1.48 bits per heavy atom. The molecule has 1 aromatic heterocycles. The first-order valence-electron chi connectivity index (χ1n) is 6.90. The lowest BCUT2D eigenvalue weighted by Crippen LogP contribution is -2.28. The molecular formula is C15H20N4O2. The molecule has 0 aliphatic heterocycles. The SMILES string of the molecule is CCOc1cccc(N)c1C(=O)NCCn1cc(C)cn1. The molecule has 2 aromatic rings. The van der Waals surface area contributed by atoms with E-state index >= 15 is 0 Å². The topological polar surface area (TPSA) is 82.2 Å². The second-order valence-electron chi connectivity index (χ2n) is 4.69. The summed E-state index contributed by atoms with van der Waals surface area (Å²) in [6.45, 7) is 5.40. The number of aryl methyl sites for hydroxylation is 1. The summed E-state index contributed by atoms with van der Waals surface area (Å²) in [5.41, 5.74) is 7.77. The molecule has 112 valence electrons. The Hall–Kier alpha value is -2.50. The van der Waals surface area contributed by atoms with Gasteiger partial charge in [-0.15, -0.1) is 0 Å². The number of carbonyl (C=O) groups excluding carboxylic acids is 1. The van der Waals surface area contributed by atoms with Crippen molar-refractivity contribution in [3.05, 3.63) is 41.7 Å². The number of aromatic nitrogens is 2. The van der Waals surface area contributed by atoms with Crippen molar-refractivity contribution in [2.45, 2.75) is 20.4 Å². The van der Waals surface area contributed by atoms with Gasteiger partial charge in [-0.1, -0.05) is 6.07 Å². The molecule has 0 spiro atoms. The Balaban J connectivity index is 2.00. The van der Waals surface area contributed by atoms with Gasteiger partial charge < -0.3 is 15.8 Å². The molecule has 0 saturated heterocycles. The number of ether oxygens (including phenoxy) is 1. The van der Waals surface area contributed by atoms with E-state index < -0.39 is 0 Å². The highest BCUT2D eigenvalue weighted by Gasteiger charge is 2.15. The van der Waals surface area contributed by atoms with Gasteiger partial charge in [0.2, 0.25) is 0 Å². The predicted molar refractivity (Wildman–Crippen MR) is 81.3 cm³/mol. The quantitative estimate of drug-likeness (QED) is 0.791. The maximum Gasteiger partial charge on any atom is 0.257 e. The predicted octanol–water partition coefficient (Wildman–Crippen LogP) is 1.60. The van der Waals surface area contributed by atoms with E-state index in [4.69, 9.17) is 10.5 Å². The molecule has 0 aliphatic carbocycles. The molecule has 0 aliphatic rings. The van der Waals surface area contributed by atoms with E-state index in [2.05, 4.69) is 10.4 Å². The monoisotopic (exact) mass is 288 g/mol. The standard InChI is InChI=1S/C15H20N4O2/c1-3-21-13-6-4-5-12(16)14(13)15(20)17-7-8-19-10-11(2)9-18-19/h4-6,9-10H,3,7-8,16H2,1-2H3,(H,17,20).